The zero-order valence-corrected chi connectivity index (χ0v) is 13.7. The maximum atomic E-state index is 11.5. The summed E-state index contributed by atoms with van der Waals surface area (Å²) in [5.74, 6) is -0.383. The number of rotatable bonds is 7. The number of nitrogens with one attached hydrogen (secondary N) is 1. The van der Waals surface area contributed by atoms with E-state index in [0.29, 0.717) is 11.6 Å². The zero-order chi connectivity index (χ0) is 15.1. The van der Waals surface area contributed by atoms with Gasteiger partial charge >= 0.3 is 5.97 Å². The number of methoxy groups -OCH3 is 2. The summed E-state index contributed by atoms with van der Waals surface area (Å²) >= 11 is 9.35. The first kappa shape index (κ1) is 17.4. The minimum absolute atomic E-state index is 0.221. The molecule has 0 aliphatic rings. The molecule has 3 N–H and O–H groups in total. The molecule has 1 rings (SSSR count). The molecule has 0 heterocycles. The Morgan fingerprint density at radius 2 is 2.15 bits per heavy atom. The quantitative estimate of drug-likeness (QED) is 0.722. The molecule has 5 nitrogen and oxygen atoms in total. The average molecular weight is 366 g/mol. The van der Waals surface area contributed by atoms with Crippen molar-refractivity contribution < 1.29 is 14.3 Å². The van der Waals surface area contributed by atoms with E-state index in [-0.39, 0.29) is 18.6 Å². The number of hydrogen-bond acceptors (Lipinski definition) is 5. The van der Waals surface area contributed by atoms with E-state index >= 15 is 0 Å². The highest BCUT2D eigenvalue weighted by Gasteiger charge is 2.19. The maximum absolute atomic E-state index is 11.5. The average Bonchev–Trinajstić information content (AvgIpc) is 2.41. The summed E-state index contributed by atoms with van der Waals surface area (Å²) in [6, 6.07) is 4.63. The Kier molecular flexibility index (Phi) is 7.47. The highest BCUT2D eigenvalue weighted by Crippen LogP contribution is 2.22. The third kappa shape index (κ3) is 5.38. The lowest BCUT2D eigenvalue weighted by Crippen LogP contribution is -2.44. The predicted molar refractivity (Wildman–Crippen MR) is 81.8 cm³/mol. The summed E-state index contributed by atoms with van der Waals surface area (Å²) in [6.45, 7) is 0.620. The first-order chi connectivity index (χ1) is 9.47. The second kappa shape index (κ2) is 8.59. The molecule has 0 radical (unpaired) electrons. The van der Waals surface area contributed by atoms with E-state index in [1.54, 1.807) is 12.1 Å². The molecular weight excluding hydrogens is 348 g/mol. The lowest BCUT2D eigenvalue weighted by atomic mass is 10.1. The van der Waals surface area contributed by atoms with Crippen LogP contribution in [0.2, 0.25) is 5.02 Å². The maximum Gasteiger partial charge on any atom is 0.325 e. The topological polar surface area (TPSA) is 73.6 Å². The molecule has 0 aliphatic carbocycles. The Bertz CT molecular complexity index is 439. The van der Waals surface area contributed by atoms with Crippen molar-refractivity contribution in [2.75, 3.05) is 27.4 Å². The number of benzene rings is 1. The third-order valence-electron chi connectivity index (χ3n) is 2.72. The van der Waals surface area contributed by atoms with Crippen molar-refractivity contribution in [3.63, 3.8) is 0 Å². The van der Waals surface area contributed by atoms with Crippen LogP contribution in [0.5, 0.6) is 0 Å². The standard InChI is InChI=1S/C13H18BrClN2O3/c1-19-7-12(13(18)20-2)17-6-11(16)8-3-9(14)5-10(15)4-8/h3-5,11-12,17H,6-7,16H2,1-2H3/t11-,12?/m0/s1. The van der Waals surface area contributed by atoms with E-state index in [2.05, 4.69) is 21.2 Å². The van der Waals surface area contributed by atoms with E-state index in [0.717, 1.165) is 10.0 Å². The number of hydrogen-bond donors (Lipinski definition) is 2. The fourth-order valence-corrected chi connectivity index (χ4v) is 2.58. The van der Waals surface area contributed by atoms with Gasteiger partial charge in [-0.1, -0.05) is 27.5 Å². The monoisotopic (exact) mass is 364 g/mol. The van der Waals surface area contributed by atoms with Crippen LogP contribution in [-0.2, 0) is 14.3 Å². The smallest absolute Gasteiger partial charge is 0.325 e. The normalized spacial score (nSPS) is 13.8. The van der Waals surface area contributed by atoms with Gasteiger partial charge < -0.3 is 20.5 Å². The zero-order valence-electron chi connectivity index (χ0n) is 11.4. The molecule has 0 bridgehead atoms. The van der Waals surface area contributed by atoms with E-state index in [9.17, 15) is 4.79 Å². The van der Waals surface area contributed by atoms with E-state index in [1.165, 1.54) is 14.2 Å². The molecule has 20 heavy (non-hydrogen) atoms. The molecule has 0 aromatic heterocycles. The Morgan fingerprint density at radius 3 is 2.70 bits per heavy atom. The molecule has 2 atom stereocenters. The van der Waals surface area contributed by atoms with Crippen LogP contribution in [0.3, 0.4) is 0 Å². The first-order valence-corrected chi connectivity index (χ1v) is 7.16. The van der Waals surface area contributed by atoms with E-state index in [1.807, 2.05) is 6.07 Å². The van der Waals surface area contributed by atoms with Crippen LogP contribution >= 0.6 is 27.5 Å². The van der Waals surface area contributed by atoms with E-state index < -0.39 is 6.04 Å². The van der Waals surface area contributed by atoms with Crippen molar-refractivity contribution in [2.24, 2.45) is 5.73 Å². The third-order valence-corrected chi connectivity index (χ3v) is 3.39. The molecule has 0 saturated carbocycles. The highest BCUT2D eigenvalue weighted by atomic mass is 79.9. The van der Waals surface area contributed by atoms with Crippen molar-refractivity contribution in [3.05, 3.63) is 33.3 Å². The van der Waals surface area contributed by atoms with Crippen molar-refractivity contribution in [1.29, 1.82) is 0 Å². The number of nitrogens with two attached hydrogens (primary N) is 1. The number of ether oxygens (including phenoxy) is 2. The summed E-state index contributed by atoms with van der Waals surface area (Å²) in [6.07, 6.45) is 0. The minimum atomic E-state index is -0.543. The summed E-state index contributed by atoms with van der Waals surface area (Å²) < 4.78 is 10.5. The Balaban J connectivity index is 2.64. The Hall–Kier alpha value is -0.660. The molecule has 7 heteroatoms. The molecule has 0 fully saturated rings. The second-order valence-corrected chi connectivity index (χ2v) is 5.60. The SMILES string of the molecule is COCC(NC[C@H](N)c1cc(Cl)cc(Br)c1)C(=O)OC. The minimum Gasteiger partial charge on any atom is -0.468 e. The molecule has 1 unspecified atom stereocenters. The van der Waals surface area contributed by atoms with Gasteiger partial charge in [0.15, 0.2) is 0 Å². The molecule has 112 valence electrons. The van der Waals surface area contributed by atoms with Crippen molar-refractivity contribution in [2.45, 2.75) is 12.1 Å². The van der Waals surface area contributed by atoms with Crippen LogP contribution in [0.1, 0.15) is 11.6 Å². The lowest BCUT2D eigenvalue weighted by molar-refractivity contribution is -0.144. The molecule has 0 saturated heterocycles. The highest BCUT2D eigenvalue weighted by molar-refractivity contribution is 9.10. The number of carbonyl (C=O) groups excluding carboxylic acids is 1. The van der Waals surface area contributed by atoms with Crippen LogP contribution in [0, 0.1) is 0 Å². The largest absolute Gasteiger partial charge is 0.468 e. The summed E-state index contributed by atoms with van der Waals surface area (Å²) in [5.41, 5.74) is 6.96. The van der Waals surface area contributed by atoms with Gasteiger partial charge in [-0.25, -0.2) is 0 Å². The fourth-order valence-electron chi connectivity index (χ4n) is 1.70. The van der Waals surface area contributed by atoms with Crippen LogP contribution < -0.4 is 11.1 Å². The van der Waals surface area contributed by atoms with Gasteiger partial charge in [0.2, 0.25) is 0 Å². The van der Waals surface area contributed by atoms with Crippen LogP contribution in [0.25, 0.3) is 0 Å². The van der Waals surface area contributed by atoms with Crippen LogP contribution in [0.4, 0.5) is 0 Å². The van der Waals surface area contributed by atoms with Crippen molar-refractivity contribution >= 4 is 33.5 Å². The van der Waals surface area contributed by atoms with Crippen LogP contribution in [-0.4, -0.2) is 39.4 Å². The van der Waals surface area contributed by atoms with Crippen LogP contribution in [0.15, 0.2) is 22.7 Å². The Labute approximate surface area is 131 Å². The Morgan fingerprint density at radius 1 is 1.45 bits per heavy atom. The van der Waals surface area contributed by atoms with Gasteiger partial charge in [0.25, 0.3) is 0 Å². The van der Waals surface area contributed by atoms with Crippen molar-refractivity contribution in [1.82, 2.24) is 5.32 Å². The first-order valence-electron chi connectivity index (χ1n) is 5.99. The van der Waals surface area contributed by atoms with Gasteiger partial charge in [-0.3, -0.25) is 4.79 Å². The number of halogens is 2. The molecule has 1 aromatic rings. The molecule has 0 spiro atoms. The van der Waals surface area contributed by atoms with Gasteiger partial charge in [-0.2, -0.15) is 0 Å². The van der Waals surface area contributed by atoms with Gasteiger partial charge in [-0.05, 0) is 23.8 Å². The summed E-state index contributed by atoms with van der Waals surface area (Å²) in [7, 11) is 2.85. The number of carbonyl (C=O) groups is 1. The van der Waals surface area contributed by atoms with Gasteiger partial charge in [-0.15, -0.1) is 0 Å². The number of esters is 1. The van der Waals surface area contributed by atoms with Gasteiger partial charge in [0.1, 0.15) is 6.04 Å². The van der Waals surface area contributed by atoms with Gasteiger partial charge in [0.05, 0.1) is 13.7 Å². The summed E-state index contributed by atoms with van der Waals surface area (Å²) in [4.78, 5) is 11.5. The predicted octanol–water partition coefficient (Wildman–Crippen LogP) is 1.88. The van der Waals surface area contributed by atoms with E-state index in [4.69, 9.17) is 26.8 Å². The van der Waals surface area contributed by atoms with Gasteiger partial charge in [0, 0.05) is 29.2 Å². The second-order valence-electron chi connectivity index (χ2n) is 4.25. The fraction of sp³-hybridized carbons (Fsp3) is 0.462. The van der Waals surface area contributed by atoms with Crippen molar-refractivity contribution in [3.8, 4) is 0 Å². The molecule has 1 aromatic carbocycles. The molecular formula is C13H18BrClN2O3. The molecule has 0 aliphatic heterocycles. The summed E-state index contributed by atoms with van der Waals surface area (Å²) in [5, 5.41) is 3.63. The molecule has 0 amide bonds. The lowest BCUT2D eigenvalue weighted by Gasteiger charge is -2.19.